The van der Waals surface area contributed by atoms with Crippen LogP contribution in [0.3, 0.4) is 0 Å². The lowest BCUT2D eigenvalue weighted by Crippen LogP contribution is -2.42. The van der Waals surface area contributed by atoms with Gasteiger partial charge in [-0.25, -0.2) is 23.4 Å². The van der Waals surface area contributed by atoms with E-state index in [1.54, 1.807) is 17.8 Å². The molecule has 0 radical (unpaired) electrons. The monoisotopic (exact) mass is 406 g/mol. The van der Waals surface area contributed by atoms with Gasteiger partial charge in [0.15, 0.2) is 10.2 Å². The summed E-state index contributed by atoms with van der Waals surface area (Å²) in [5.74, 6) is 0.635. The Kier molecular flexibility index (Phi) is 4.91. The molecule has 0 saturated carbocycles. The topological polar surface area (TPSA) is 102 Å². The molecule has 0 bridgehead atoms. The number of pyridine rings is 1. The number of sulfonamides is 1. The van der Waals surface area contributed by atoms with Gasteiger partial charge in [0.05, 0.1) is 18.6 Å². The minimum atomic E-state index is -3.66. The second kappa shape index (κ2) is 7.35. The van der Waals surface area contributed by atoms with Crippen molar-refractivity contribution in [1.82, 2.24) is 23.8 Å². The van der Waals surface area contributed by atoms with Crippen LogP contribution in [-0.2, 0) is 21.8 Å². The highest BCUT2D eigenvalue weighted by atomic mass is 32.2. The van der Waals surface area contributed by atoms with Gasteiger partial charge in [-0.1, -0.05) is 6.07 Å². The number of ether oxygens (including phenoxy) is 1. The third kappa shape index (κ3) is 3.86. The maximum atomic E-state index is 12.8. The van der Waals surface area contributed by atoms with Crippen LogP contribution < -0.4 is 5.32 Å². The Morgan fingerprint density at radius 2 is 2.22 bits per heavy atom. The molecule has 4 rings (SSSR count). The lowest BCUT2D eigenvalue weighted by Gasteiger charge is -2.31. The average molecular weight is 406 g/mol. The zero-order chi connectivity index (χ0) is 18.9. The number of anilines is 2. The molecule has 1 aliphatic rings. The molecule has 11 heteroatoms. The molecule has 0 amide bonds. The van der Waals surface area contributed by atoms with E-state index in [4.69, 9.17) is 4.74 Å². The first-order valence-electron chi connectivity index (χ1n) is 8.25. The minimum absolute atomic E-state index is 0.0396. The normalized spacial score (nSPS) is 18.5. The number of nitrogens with zero attached hydrogens (tertiary/aromatic N) is 5. The summed E-state index contributed by atoms with van der Waals surface area (Å²) in [7, 11) is -1.93. The molecule has 0 spiro atoms. The highest BCUT2D eigenvalue weighted by Gasteiger charge is 2.33. The highest BCUT2D eigenvalue weighted by Crippen LogP contribution is 2.26. The number of imidazole rings is 1. The molecule has 27 heavy (non-hydrogen) atoms. The van der Waals surface area contributed by atoms with Gasteiger partial charge in [-0.15, -0.1) is 11.3 Å². The van der Waals surface area contributed by atoms with Gasteiger partial charge in [-0.2, -0.15) is 4.31 Å². The zero-order valence-corrected chi connectivity index (χ0v) is 16.2. The van der Waals surface area contributed by atoms with E-state index < -0.39 is 16.1 Å². The van der Waals surface area contributed by atoms with Crippen molar-refractivity contribution in [1.29, 1.82) is 0 Å². The Bertz CT molecular complexity index is 1020. The largest absolute Gasteiger partial charge is 0.369 e. The van der Waals surface area contributed by atoms with Gasteiger partial charge in [0.2, 0.25) is 0 Å². The van der Waals surface area contributed by atoms with Crippen LogP contribution in [0, 0.1) is 0 Å². The van der Waals surface area contributed by atoms with Gasteiger partial charge >= 0.3 is 0 Å². The maximum Gasteiger partial charge on any atom is 0.262 e. The van der Waals surface area contributed by atoms with Crippen molar-refractivity contribution in [2.75, 3.05) is 25.0 Å². The van der Waals surface area contributed by atoms with Crippen LogP contribution in [0.5, 0.6) is 0 Å². The maximum absolute atomic E-state index is 12.8. The molecule has 0 aromatic carbocycles. The molecular formula is C16H18N6O3S2. The van der Waals surface area contributed by atoms with E-state index in [9.17, 15) is 8.42 Å². The Morgan fingerprint density at radius 3 is 2.96 bits per heavy atom. The van der Waals surface area contributed by atoms with Crippen molar-refractivity contribution in [2.24, 2.45) is 7.05 Å². The molecule has 1 fully saturated rings. The fourth-order valence-corrected chi connectivity index (χ4v) is 4.70. The number of rotatable bonds is 5. The Hall–Kier alpha value is -2.34. The predicted octanol–water partition coefficient (Wildman–Crippen LogP) is 1.78. The summed E-state index contributed by atoms with van der Waals surface area (Å²) in [6.07, 6.45) is 4.23. The number of nitrogens with one attached hydrogen (secondary N) is 1. The summed E-state index contributed by atoms with van der Waals surface area (Å²) in [6, 6.07) is 5.51. The van der Waals surface area contributed by atoms with Crippen molar-refractivity contribution < 1.29 is 13.2 Å². The number of aromatic nitrogens is 4. The van der Waals surface area contributed by atoms with Gasteiger partial charge in [0.1, 0.15) is 11.9 Å². The summed E-state index contributed by atoms with van der Waals surface area (Å²) in [5, 5.41) is 5.78. The van der Waals surface area contributed by atoms with Gasteiger partial charge in [-0.05, 0) is 12.1 Å². The SMILES string of the molecule is Cn1cnc(S(=O)(=O)N2CCOC(c3cccc(Nc4nccs4)n3)C2)c1. The second-order valence-corrected chi connectivity index (χ2v) is 8.79. The zero-order valence-electron chi connectivity index (χ0n) is 14.5. The van der Waals surface area contributed by atoms with E-state index in [0.29, 0.717) is 18.1 Å². The van der Waals surface area contributed by atoms with Crippen LogP contribution in [0.25, 0.3) is 0 Å². The fraction of sp³-hybridized carbons (Fsp3) is 0.312. The van der Waals surface area contributed by atoms with E-state index in [-0.39, 0.29) is 18.1 Å². The van der Waals surface area contributed by atoms with Crippen LogP contribution in [-0.4, -0.2) is 51.9 Å². The number of morpholine rings is 1. The first kappa shape index (κ1) is 18.0. The minimum Gasteiger partial charge on any atom is -0.369 e. The molecule has 1 aliphatic heterocycles. The second-order valence-electron chi connectivity index (χ2n) is 6.01. The van der Waals surface area contributed by atoms with Crippen LogP contribution in [0.4, 0.5) is 10.9 Å². The highest BCUT2D eigenvalue weighted by molar-refractivity contribution is 7.89. The van der Waals surface area contributed by atoms with Crippen molar-refractivity contribution >= 4 is 32.3 Å². The van der Waals surface area contributed by atoms with Crippen molar-refractivity contribution in [3.8, 4) is 0 Å². The Balaban J connectivity index is 1.53. The summed E-state index contributed by atoms with van der Waals surface area (Å²) in [4.78, 5) is 12.7. The Labute approximate surface area is 160 Å². The van der Waals surface area contributed by atoms with Crippen molar-refractivity contribution in [3.63, 3.8) is 0 Å². The van der Waals surface area contributed by atoms with E-state index in [1.807, 2.05) is 23.6 Å². The Morgan fingerprint density at radius 1 is 1.33 bits per heavy atom. The number of thiazole rings is 1. The quantitative estimate of drug-likeness (QED) is 0.689. The standard InChI is InChI=1S/C16H18N6O3S2/c1-21-10-15(18-11-21)27(23,24)22-6-7-25-13(9-22)12-3-2-4-14(19-12)20-16-17-5-8-26-16/h2-5,8,10-11,13H,6-7,9H2,1H3,(H,17,19,20). The summed E-state index contributed by atoms with van der Waals surface area (Å²) in [6.45, 7) is 0.765. The lowest BCUT2D eigenvalue weighted by molar-refractivity contribution is -0.00492. The van der Waals surface area contributed by atoms with E-state index in [0.717, 1.165) is 5.13 Å². The average Bonchev–Trinajstić information content (AvgIpc) is 3.34. The number of aryl methyl sites for hydroxylation is 1. The lowest BCUT2D eigenvalue weighted by atomic mass is 10.2. The van der Waals surface area contributed by atoms with Crippen LogP contribution in [0.1, 0.15) is 11.8 Å². The molecule has 4 heterocycles. The summed E-state index contributed by atoms with van der Waals surface area (Å²) in [5.41, 5.74) is 0.664. The molecule has 9 nitrogen and oxygen atoms in total. The summed E-state index contributed by atoms with van der Waals surface area (Å²) < 4.78 is 34.4. The smallest absolute Gasteiger partial charge is 0.262 e. The third-order valence-corrected chi connectivity index (χ3v) is 6.52. The van der Waals surface area contributed by atoms with Gasteiger partial charge < -0.3 is 14.6 Å². The number of hydrogen-bond acceptors (Lipinski definition) is 8. The van der Waals surface area contributed by atoms with Crippen molar-refractivity contribution in [2.45, 2.75) is 11.1 Å². The predicted molar refractivity (Wildman–Crippen MR) is 100 cm³/mol. The van der Waals surface area contributed by atoms with Gasteiger partial charge in [-0.3, -0.25) is 0 Å². The molecule has 3 aromatic rings. The van der Waals surface area contributed by atoms with E-state index in [2.05, 4.69) is 20.3 Å². The van der Waals surface area contributed by atoms with Gasteiger partial charge in [0.25, 0.3) is 10.0 Å². The van der Waals surface area contributed by atoms with Crippen LogP contribution >= 0.6 is 11.3 Å². The first-order valence-corrected chi connectivity index (χ1v) is 10.6. The molecular weight excluding hydrogens is 388 g/mol. The molecule has 142 valence electrons. The molecule has 3 aromatic heterocycles. The summed E-state index contributed by atoms with van der Waals surface area (Å²) >= 11 is 1.47. The molecule has 1 atom stereocenters. The first-order chi connectivity index (χ1) is 13.0. The molecule has 1 unspecified atom stereocenters. The molecule has 1 N–H and O–H groups in total. The van der Waals surface area contributed by atoms with E-state index in [1.165, 1.54) is 28.2 Å². The fourth-order valence-electron chi connectivity index (χ4n) is 2.77. The van der Waals surface area contributed by atoms with Crippen LogP contribution in [0.15, 0.2) is 47.3 Å². The van der Waals surface area contributed by atoms with Gasteiger partial charge in [0, 0.05) is 37.9 Å². The third-order valence-electron chi connectivity index (χ3n) is 4.08. The van der Waals surface area contributed by atoms with Crippen molar-refractivity contribution in [3.05, 3.63) is 48.0 Å². The van der Waals surface area contributed by atoms with E-state index >= 15 is 0 Å². The molecule has 1 saturated heterocycles. The van der Waals surface area contributed by atoms with Crippen LogP contribution in [0.2, 0.25) is 0 Å². The molecule has 0 aliphatic carbocycles. The number of hydrogen-bond donors (Lipinski definition) is 1.